The number of piperidine rings is 1. The van der Waals surface area contributed by atoms with E-state index < -0.39 is 4.92 Å². The summed E-state index contributed by atoms with van der Waals surface area (Å²) in [5, 5.41) is 20.9. The topological polar surface area (TPSA) is 75.8 Å². The van der Waals surface area contributed by atoms with Gasteiger partial charge in [0.2, 0.25) is 0 Å². The van der Waals surface area contributed by atoms with Gasteiger partial charge in [-0.3, -0.25) is 10.1 Å². The number of hydrogen-bond acceptors (Lipinski definition) is 5. The normalized spacial score (nSPS) is 22.4. The zero-order valence-corrected chi connectivity index (χ0v) is 12.7. The third kappa shape index (κ3) is 3.85. The van der Waals surface area contributed by atoms with Crippen molar-refractivity contribution >= 4 is 11.4 Å². The van der Waals surface area contributed by atoms with Crippen molar-refractivity contribution in [2.24, 2.45) is 5.92 Å². The molecule has 1 fully saturated rings. The highest BCUT2D eigenvalue weighted by Crippen LogP contribution is 2.31. The standard InChI is InChI=1S/C15H22N2O4/c1-10(2)21-14-7-12(6-13(8-14)17(19)20)16-5-4-15(18)11(3)9-16/h6-8,10-11,15,18H,4-5,9H2,1-3H3. The minimum Gasteiger partial charge on any atom is -0.491 e. The summed E-state index contributed by atoms with van der Waals surface area (Å²) in [5.41, 5.74) is 0.806. The molecule has 1 saturated heterocycles. The number of nitro groups is 1. The van der Waals surface area contributed by atoms with Crippen LogP contribution in [-0.2, 0) is 0 Å². The average molecular weight is 294 g/mol. The van der Waals surface area contributed by atoms with E-state index in [0.717, 1.165) is 5.69 Å². The van der Waals surface area contributed by atoms with Crippen LogP contribution in [0.3, 0.4) is 0 Å². The summed E-state index contributed by atoms with van der Waals surface area (Å²) in [4.78, 5) is 12.7. The van der Waals surface area contributed by atoms with E-state index in [9.17, 15) is 15.2 Å². The van der Waals surface area contributed by atoms with E-state index in [1.54, 1.807) is 6.07 Å². The molecule has 0 spiro atoms. The van der Waals surface area contributed by atoms with E-state index in [1.807, 2.05) is 26.8 Å². The summed E-state index contributed by atoms with van der Waals surface area (Å²) in [7, 11) is 0. The van der Waals surface area contributed by atoms with Crippen molar-refractivity contribution in [3.05, 3.63) is 28.3 Å². The first kappa shape index (κ1) is 15.6. The Labute approximate surface area is 124 Å². The van der Waals surface area contributed by atoms with Gasteiger partial charge in [-0.15, -0.1) is 0 Å². The van der Waals surface area contributed by atoms with Gasteiger partial charge in [0.05, 0.1) is 23.2 Å². The molecule has 0 saturated carbocycles. The fraction of sp³-hybridized carbons (Fsp3) is 0.600. The van der Waals surface area contributed by atoms with Gasteiger partial charge in [-0.2, -0.15) is 0 Å². The van der Waals surface area contributed by atoms with Crippen LogP contribution in [0.1, 0.15) is 27.2 Å². The number of nitro benzene ring substituents is 1. The molecule has 2 atom stereocenters. The zero-order chi connectivity index (χ0) is 15.6. The molecule has 0 aromatic heterocycles. The number of rotatable bonds is 4. The molecule has 0 amide bonds. The summed E-state index contributed by atoms with van der Waals surface area (Å²) in [6.07, 6.45) is 0.331. The molecule has 0 bridgehead atoms. The molecule has 21 heavy (non-hydrogen) atoms. The van der Waals surface area contributed by atoms with Crippen molar-refractivity contribution in [3.8, 4) is 5.75 Å². The van der Waals surface area contributed by atoms with E-state index in [-0.39, 0.29) is 23.8 Å². The predicted octanol–water partition coefficient (Wildman–Crippen LogP) is 2.59. The lowest BCUT2D eigenvalue weighted by atomic mass is 9.96. The number of nitrogens with zero attached hydrogens (tertiary/aromatic N) is 2. The molecule has 6 nitrogen and oxygen atoms in total. The van der Waals surface area contributed by atoms with Gasteiger partial charge in [-0.25, -0.2) is 0 Å². The van der Waals surface area contributed by atoms with Crippen molar-refractivity contribution in [2.45, 2.75) is 39.4 Å². The number of aliphatic hydroxyl groups excluding tert-OH is 1. The van der Waals surface area contributed by atoms with Crippen molar-refractivity contribution in [3.63, 3.8) is 0 Å². The number of hydrogen-bond donors (Lipinski definition) is 1. The van der Waals surface area contributed by atoms with Gasteiger partial charge >= 0.3 is 0 Å². The van der Waals surface area contributed by atoms with Crippen LogP contribution in [0.4, 0.5) is 11.4 Å². The lowest BCUT2D eigenvalue weighted by Gasteiger charge is -2.36. The largest absolute Gasteiger partial charge is 0.491 e. The van der Waals surface area contributed by atoms with Crippen LogP contribution < -0.4 is 9.64 Å². The fourth-order valence-corrected chi connectivity index (χ4v) is 2.56. The third-order valence-electron chi connectivity index (χ3n) is 3.68. The molecule has 1 aromatic carbocycles. The zero-order valence-electron chi connectivity index (χ0n) is 12.7. The van der Waals surface area contributed by atoms with Gasteiger partial charge in [0, 0.05) is 30.9 Å². The Balaban J connectivity index is 2.29. The van der Waals surface area contributed by atoms with Gasteiger partial charge in [0.1, 0.15) is 5.75 Å². The average Bonchev–Trinajstić information content (AvgIpc) is 2.40. The van der Waals surface area contributed by atoms with Crippen LogP contribution in [0, 0.1) is 16.0 Å². The molecule has 116 valence electrons. The molecule has 0 radical (unpaired) electrons. The highest BCUT2D eigenvalue weighted by molar-refractivity contribution is 5.58. The van der Waals surface area contributed by atoms with Crippen LogP contribution in [-0.4, -0.2) is 35.3 Å². The first-order valence-corrected chi connectivity index (χ1v) is 7.26. The van der Waals surface area contributed by atoms with Crippen molar-refractivity contribution in [1.29, 1.82) is 0 Å². The van der Waals surface area contributed by atoms with Crippen LogP contribution in [0.2, 0.25) is 0 Å². The number of anilines is 1. The van der Waals surface area contributed by atoms with E-state index in [2.05, 4.69) is 4.90 Å². The van der Waals surface area contributed by atoms with Crippen LogP contribution >= 0.6 is 0 Å². The van der Waals surface area contributed by atoms with Crippen LogP contribution in [0.5, 0.6) is 5.75 Å². The first-order chi connectivity index (χ1) is 9.86. The SMILES string of the molecule is CC(C)Oc1cc(N2CCC(O)C(C)C2)cc([N+](=O)[O-])c1. The lowest BCUT2D eigenvalue weighted by molar-refractivity contribution is -0.384. The van der Waals surface area contributed by atoms with Crippen LogP contribution in [0.15, 0.2) is 18.2 Å². The second kappa shape index (κ2) is 6.30. The maximum atomic E-state index is 11.1. The molecule has 2 unspecified atom stereocenters. The minimum atomic E-state index is -0.404. The van der Waals surface area contributed by atoms with Crippen molar-refractivity contribution in [2.75, 3.05) is 18.0 Å². The summed E-state index contributed by atoms with van der Waals surface area (Å²) in [6.45, 7) is 7.13. The Morgan fingerprint density at radius 2 is 2.14 bits per heavy atom. The molecule has 1 aliphatic heterocycles. The van der Waals surface area contributed by atoms with E-state index in [0.29, 0.717) is 25.3 Å². The Hall–Kier alpha value is -1.82. The van der Waals surface area contributed by atoms with Gasteiger partial charge in [-0.05, 0) is 26.2 Å². The Kier molecular flexibility index (Phi) is 4.67. The van der Waals surface area contributed by atoms with E-state index in [1.165, 1.54) is 6.07 Å². The predicted molar refractivity (Wildman–Crippen MR) is 80.9 cm³/mol. The second-order valence-corrected chi connectivity index (χ2v) is 5.89. The number of ether oxygens (including phenoxy) is 1. The second-order valence-electron chi connectivity index (χ2n) is 5.89. The van der Waals surface area contributed by atoms with Gasteiger partial charge < -0.3 is 14.7 Å². The van der Waals surface area contributed by atoms with Gasteiger partial charge in [0.15, 0.2) is 0 Å². The quantitative estimate of drug-likeness (QED) is 0.682. The number of benzene rings is 1. The summed E-state index contributed by atoms with van der Waals surface area (Å²) >= 11 is 0. The molecule has 6 heteroatoms. The fourth-order valence-electron chi connectivity index (χ4n) is 2.56. The molecular weight excluding hydrogens is 272 g/mol. The van der Waals surface area contributed by atoms with Gasteiger partial charge in [0.25, 0.3) is 5.69 Å². The maximum absolute atomic E-state index is 11.1. The monoisotopic (exact) mass is 294 g/mol. The highest BCUT2D eigenvalue weighted by Gasteiger charge is 2.25. The number of aliphatic hydroxyl groups is 1. The lowest BCUT2D eigenvalue weighted by Crippen LogP contribution is -2.41. The van der Waals surface area contributed by atoms with E-state index >= 15 is 0 Å². The molecule has 0 aliphatic carbocycles. The van der Waals surface area contributed by atoms with Gasteiger partial charge in [-0.1, -0.05) is 6.92 Å². The first-order valence-electron chi connectivity index (χ1n) is 7.26. The smallest absolute Gasteiger partial charge is 0.275 e. The van der Waals surface area contributed by atoms with Crippen molar-refractivity contribution < 1.29 is 14.8 Å². The Morgan fingerprint density at radius 3 is 2.71 bits per heavy atom. The Morgan fingerprint density at radius 1 is 1.43 bits per heavy atom. The van der Waals surface area contributed by atoms with E-state index in [4.69, 9.17) is 4.74 Å². The third-order valence-corrected chi connectivity index (χ3v) is 3.68. The molecule has 1 heterocycles. The summed E-state index contributed by atoms with van der Waals surface area (Å²) < 4.78 is 5.60. The minimum absolute atomic E-state index is 0.0296. The molecule has 2 rings (SSSR count). The maximum Gasteiger partial charge on any atom is 0.275 e. The molecule has 1 aliphatic rings. The molecule has 1 N–H and O–H groups in total. The Bertz CT molecular complexity index is 518. The molecule has 1 aromatic rings. The number of non-ortho nitro benzene ring substituents is 1. The highest BCUT2D eigenvalue weighted by atomic mass is 16.6. The molecular formula is C15H22N2O4. The summed E-state index contributed by atoms with van der Waals surface area (Å²) in [5.74, 6) is 0.653. The summed E-state index contributed by atoms with van der Waals surface area (Å²) in [6, 6.07) is 4.85. The van der Waals surface area contributed by atoms with Crippen LogP contribution in [0.25, 0.3) is 0 Å². The van der Waals surface area contributed by atoms with Crippen molar-refractivity contribution in [1.82, 2.24) is 0 Å².